The van der Waals surface area contributed by atoms with E-state index in [1.807, 2.05) is 4.72 Å². The number of aliphatic hydroxyl groups is 2. The Labute approximate surface area is 434 Å². The lowest BCUT2D eigenvalue weighted by atomic mass is 9.93. The number of esters is 1. The topological polar surface area (TPSA) is 398 Å². The number of nitrogens with zero attached hydrogens (tertiary/aromatic N) is 3. The summed E-state index contributed by atoms with van der Waals surface area (Å²) < 4.78 is 49.3. The third-order valence-electron chi connectivity index (χ3n) is 11.8. The minimum Gasteiger partial charge on any atom is -0.504 e. The lowest BCUT2D eigenvalue weighted by Crippen LogP contribution is -2.57. The highest BCUT2D eigenvalue weighted by molar-refractivity contribution is 7.87. The van der Waals surface area contributed by atoms with Crippen LogP contribution in [0.25, 0.3) is 22.5 Å². The second kappa shape index (κ2) is 25.4. The summed E-state index contributed by atoms with van der Waals surface area (Å²) in [6.45, 7) is 7.44. The molecule has 15 N–H and O–H groups in total. The molecule has 0 unspecified atom stereocenters. The smallest absolute Gasteiger partial charge is 0.328 e. The summed E-state index contributed by atoms with van der Waals surface area (Å²) >= 11 is 0. The van der Waals surface area contributed by atoms with Crippen LogP contribution in [0, 0.1) is 12.3 Å². The van der Waals surface area contributed by atoms with Crippen molar-refractivity contribution in [3.8, 4) is 45.5 Å². The number of aliphatic hydroxyl groups excluding tert-OH is 2. The quantitative estimate of drug-likeness (QED) is 0.0494. The van der Waals surface area contributed by atoms with Gasteiger partial charge >= 0.3 is 5.97 Å². The number of methoxy groups -OCH3 is 1. The summed E-state index contributed by atoms with van der Waals surface area (Å²) in [5, 5.41) is 45.6. The number of ether oxygens (including phenoxy) is 4. The van der Waals surface area contributed by atoms with Gasteiger partial charge in [-0.25, -0.2) is 19.9 Å². The Balaban J connectivity index is 1.63. The summed E-state index contributed by atoms with van der Waals surface area (Å²) in [5.74, 6) is -5.35. The SMILES string of the molecule is COC(=O)[C@@H]1Cc2ccc(OC[C@H](O)CN)c(c2)-c2cc(cc(OC[C@H](O)CN)c2O)[C@H](N(C)C(=O)[C@H](CNS(N)(=O)=O)NC(=O)c2c(C)nc(-c3ccc(OCCC(C)(C)C)cc3)nc2N)C(=O)N[C@@H](C)C(=O)N1. The Morgan fingerprint density at radius 1 is 0.907 bits per heavy atom. The van der Waals surface area contributed by atoms with Crippen molar-refractivity contribution in [2.75, 3.05) is 59.3 Å². The van der Waals surface area contributed by atoms with Crippen LogP contribution in [0.1, 0.15) is 67.3 Å². The molecule has 1 aliphatic rings. The molecular formula is C49H67N11O14S. The summed E-state index contributed by atoms with van der Waals surface area (Å²) in [4.78, 5) is 80.5. The summed E-state index contributed by atoms with van der Waals surface area (Å²) in [7, 11) is -2.30. The van der Waals surface area contributed by atoms with E-state index in [1.54, 1.807) is 30.3 Å². The largest absolute Gasteiger partial charge is 0.504 e. The molecule has 408 valence electrons. The highest BCUT2D eigenvalue weighted by atomic mass is 32.2. The van der Waals surface area contributed by atoms with Crippen molar-refractivity contribution in [2.24, 2.45) is 22.0 Å². The average Bonchev–Trinajstić information content (AvgIpc) is 3.35. The molecule has 0 aliphatic carbocycles. The van der Waals surface area contributed by atoms with Crippen molar-refractivity contribution in [1.82, 2.24) is 35.5 Å². The number of benzene rings is 3. The standard InChI is InChI=1S/C49H67N11O14S/c1-25-39(42(52)59-43(55-25)28-9-11-32(12-10-28)72-15-14-49(3,4)5)45(65)58-36(22-54-75(53,69)70)47(67)60(6)40-29-18-34(41(63)38(19-29)74-24-31(62)21-51)33-16-27(8-13-37(33)73-23-30(61)20-50)17-35(48(68)71-7)57-44(64)26(2)56-46(40)66/h8-13,16,18-19,26,30-31,35-36,40,54,61-63H,14-15,17,20-24,50-51H2,1-7H3,(H,56,66)(H,57,64)(H,58,65)(H2,52,55,59)(H2,53,69,70)/t26-,30+,31+,35-,36-,40-/m0/s1. The van der Waals surface area contributed by atoms with E-state index >= 15 is 0 Å². The Morgan fingerprint density at radius 3 is 2.13 bits per heavy atom. The predicted octanol–water partition coefficient (Wildman–Crippen LogP) is -0.572. The van der Waals surface area contributed by atoms with Crippen LogP contribution in [0.5, 0.6) is 23.0 Å². The molecule has 4 bridgehead atoms. The third-order valence-corrected chi connectivity index (χ3v) is 12.4. The fourth-order valence-corrected chi connectivity index (χ4v) is 8.01. The first-order valence-electron chi connectivity index (χ1n) is 23.7. The number of nitrogen functional groups attached to an aromatic ring is 1. The molecule has 4 aromatic rings. The molecule has 0 radical (unpaired) electrons. The van der Waals surface area contributed by atoms with E-state index in [1.165, 1.54) is 38.1 Å². The van der Waals surface area contributed by atoms with E-state index < -0.39 is 95.1 Å². The van der Waals surface area contributed by atoms with E-state index in [4.69, 9.17) is 41.3 Å². The highest BCUT2D eigenvalue weighted by Crippen LogP contribution is 2.45. The molecule has 0 saturated heterocycles. The van der Waals surface area contributed by atoms with Crippen molar-refractivity contribution in [3.05, 3.63) is 77.0 Å². The molecule has 1 aromatic heterocycles. The van der Waals surface area contributed by atoms with Gasteiger partial charge in [0.2, 0.25) is 17.7 Å². The fourth-order valence-electron chi connectivity index (χ4n) is 7.61. The molecular weight excluding hydrogens is 999 g/mol. The minimum absolute atomic E-state index is 0.0365. The predicted molar refractivity (Wildman–Crippen MR) is 274 cm³/mol. The van der Waals surface area contributed by atoms with Crippen molar-refractivity contribution in [2.45, 2.75) is 83.8 Å². The van der Waals surface area contributed by atoms with Crippen LogP contribution < -0.4 is 57.2 Å². The molecule has 2 heterocycles. The number of anilines is 1. The fraction of sp³-hybridized carbons (Fsp3) is 0.449. The molecule has 0 spiro atoms. The number of nitrogens with two attached hydrogens (primary N) is 4. The van der Waals surface area contributed by atoms with Crippen molar-refractivity contribution in [3.63, 3.8) is 0 Å². The van der Waals surface area contributed by atoms with Gasteiger partial charge in [0.25, 0.3) is 16.1 Å². The lowest BCUT2D eigenvalue weighted by molar-refractivity contribution is -0.145. The number of aromatic hydroxyl groups is 1. The lowest BCUT2D eigenvalue weighted by Gasteiger charge is -2.33. The zero-order chi connectivity index (χ0) is 55.5. The van der Waals surface area contributed by atoms with E-state index in [9.17, 15) is 47.7 Å². The van der Waals surface area contributed by atoms with E-state index in [-0.39, 0.29) is 82.6 Å². The van der Waals surface area contributed by atoms with Crippen LogP contribution in [-0.2, 0) is 40.5 Å². The Morgan fingerprint density at radius 2 is 1.55 bits per heavy atom. The number of aryl methyl sites for hydroxylation is 1. The molecule has 6 atom stereocenters. The van der Waals surface area contributed by atoms with Gasteiger partial charge in [0, 0.05) is 49.8 Å². The number of carbonyl (C=O) groups excluding carboxylic acids is 5. The molecule has 0 saturated carbocycles. The zero-order valence-electron chi connectivity index (χ0n) is 42.7. The number of fused-ring (bicyclic) bond motifs is 5. The van der Waals surface area contributed by atoms with Crippen LogP contribution in [0.15, 0.2) is 54.6 Å². The maximum Gasteiger partial charge on any atom is 0.328 e. The Bertz CT molecular complexity index is 2810. The third kappa shape index (κ3) is 15.9. The number of nitrogens with one attached hydrogen (secondary N) is 4. The van der Waals surface area contributed by atoms with Crippen molar-refractivity contribution in [1.29, 1.82) is 0 Å². The summed E-state index contributed by atoms with van der Waals surface area (Å²) in [6.07, 6.45) is -1.75. The molecule has 25 nitrogen and oxygen atoms in total. The monoisotopic (exact) mass is 1070 g/mol. The first kappa shape index (κ1) is 58.7. The van der Waals surface area contributed by atoms with Gasteiger partial charge in [-0.2, -0.15) is 13.1 Å². The number of carbonyl (C=O) groups is 5. The summed E-state index contributed by atoms with van der Waals surface area (Å²) in [6, 6.07) is 7.42. The van der Waals surface area contributed by atoms with Gasteiger partial charge in [-0.05, 0) is 85.3 Å². The maximum absolute atomic E-state index is 14.9. The van der Waals surface area contributed by atoms with Crippen molar-refractivity contribution >= 4 is 45.6 Å². The number of likely N-dealkylation sites (N-methyl/N-ethyl adjacent to an activating group) is 1. The van der Waals surface area contributed by atoms with Gasteiger partial charge in [-0.1, -0.05) is 26.8 Å². The van der Waals surface area contributed by atoms with Crippen LogP contribution in [0.3, 0.4) is 0 Å². The van der Waals surface area contributed by atoms with Gasteiger partial charge in [0.05, 0.1) is 19.4 Å². The number of hydrogen-bond acceptors (Lipinski definition) is 19. The highest BCUT2D eigenvalue weighted by Gasteiger charge is 2.38. The van der Waals surface area contributed by atoms with Crippen LogP contribution in [0.4, 0.5) is 5.82 Å². The first-order valence-corrected chi connectivity index (χ1v) is 25.2. The average molecular weight is 1070 g/mol. The Hall–Kier alpha value is -7.20. The molecule has 0 fully saturated rings. The van der Waals surface area contributed by atoms with Gasteiger partial charge in [-0.3, -0.25) is 19.2 Å². The van der Waals surface area contributed by atoms with Crippen LogP contribution in [0.2, 0.25) is 0 Å². The zero-order valence-corrected chi connectivity index (χ0v) is 43.5. The van der Waals surface area contributed by atoms with Gasteiger partial charge < -0.3 is 72.3 Å². The summed E-state index contributed by atoms with van der Waals surface area (Å²) in [5.41, 5.74) is 18.3. The van der Waals surface area contributed by atoms with E-state index in [0.717, 1.165) is 25.5 Å². The number of phenolic OH excluding ortho intramolecular Hbond substituents is 1. The van der Waals surface area contributed by atoms with E-state index in [0.29, 0.717) is 23.5 Å². The number of phenols is 1. The minimum atomic E-state index is -4.55. The second-order valence-electron chi connectivity index (χ2n) is 19.0. The van der Waals surface area contributed by atoms with Crippen LogP contribution in [-0.4, -0.2) is 152 Å². The molecule has 5 rings (SSSR count). The normalized spacial score (nSPS) is 17.3. The first-order chi connectivity index (χ1) is 35.2. The van der Waals surface area contributed by atoms with E-state index in [2.05, 4.69) is 46.7 Å². The maximum atomic E-state index is 14.9. The number of rotatable bonds is 20. The van der Waals surface area contributed by atoms with Gasteiger partial charge in [-0.15, -0.1) is 0 Å². The van der Waals surface area contributed by atoms with Gasteiger partial charge in [0.15, 0.2) is 17.3 Å². The molecule has 4 amide bonds. The second-order valence-corrected chi connectivity index (χ2v) is 20.4. The van der Waals surface area contributed by atoms with Gasteiger partial charge in [0.1, 0.15) is 72.5 Å². The molecule has 75 heavy (non-hydrogen) atoms. The number of aromatic nitrogens is 2. The number of hydrogen-bond donors (Lipinski definition) is 11. The Kier molecular flexibility index (Phi) is 19.8. The molecule has 1 aliphatic heterocycles. The molecule has 3 aromatic carbocycles. The van der Waals surface area contributed by atoms with Crippen molar-refractivity contribution < 1.29 is 66.7 Å². The van der Waals surface area contributed by atoms with Crippen LogP contribution >= 0.6 is 0 Å². The molecule has 26 heteroatoms. The number of amides is 4.